The van der Waals surface area contributed by atoms with E-state index in [0.29, 0.717) is 0 Å². The Kier molecular flexibility index (Phi) is 3.30. The number of nitriles is 1. The molecule has 1 aromatic rings. The molecule has 0 saturated heterocycles. The van der Waals surface area contributed by atoms with Gasteiger partial charge in [0.05, 0.1) is 12.2 Å². The van der Waals surface area contributed by atoms with Crippen LogP contribution in [0.5, 0.6) is 5.88 Å². The quantitative estimate of drug-likeness (QED) is 0.718. The van der Waals surface area contributed by atoms with Crippen LogP contribution in [-0.4, -0.2) is 22.2 Å². The van der Waals surface area contributed by atoms with Crippen LogP contribution < -0.4 is 5.56 Å². The summed E-state index contributed by atoms with van der Waals surface area (Å²) in [6.07, 6.45) is 0. The van der Waals surface area contributed by atoms with Crippen LogP contribution in [0.2, 0.25) is 0 Å². The Morgan fingerprint density at radius 3 is 2.81 bits per heavy atom. The van der Waals surface area contributed by atoms with E-state index in [4.69, 9.17) is 5.26 Å². The third-order valence-corrected chi connectivity index (χ3v) is 2.01. The van der Waals surface area contributed by atoms with Crippen molar-refractivity contribution in [2.75, 3.05) is 6.61 Å². The summed E-state index contributed by atoms with van der Waals surface area (Å²) in [7, 11) is 1.30. The number of aromatic nitrogens is 1. The lowest BCUT2D eigenvalue weighted by Gasteiger charge is -2.07. The molecule has 0 fully saturated rings. The largest absolute Gasteiger partial charge is 0.494 e. The molecule has 16 heavy (non-hydrogen) atoms. The van der Waals surface area contributed by atoms with Crippen LogP contribution in [0.3, 0.4) is 0 Å². The Morgan fingerprint density at radius 1 is 1.69 bits per heavy atom. The van der Waals surface area contributed by atoms with Gasteiger partial charge in [0, 0.05) is 13.1 Å². The summed E-state index contributed by atoms with van der Waals surface area (Å²) in [5.74, 6) is -1.20. The highest BCUT2D eigenvalue weighted by Gasteiger charge is 2.18. The molecule has 0 aliphatic rings. The molecule has 0 atom stereocenters. The van der Waals surface area contributed by atoms with E-state index in [1.165, 1.54) is 7.05 Å². The second kappa shape index (κ2) is 4.49. The van der Waals surface area contributed by atoms with Crippen molar-refractivity contribution in [2.24, 2.45) is 7.05 Å². The zero-order valence-electron chi connectivity index (χ0n) is 8.85. The smallest absolute Gasteiger partial charge is 0.339 e. The Labute approximate surface area is 91.3 Å². The van der Waals surface area contributed by atoms with Crippen LogP contribution in [0, 0.1) is 11.3 Å². The maximum Gasteiger partial charge on any atom is 0.339 e. The zero-order chi connectivity index (χ0) is 12.3. The molecular weight excluding hydrogens is 212 g/mol. The number of hydrogen-bond donors (Lipinski definition) is 1. The van der Waals surface area contributed by atoms with Crippen molar-refractivity contribution < 1.29 is 14.6 Å². The number of pyridine rings is 1. The van der Waals surface area contributed by atoms with Gasteiger partial charge >= 0.3 is 5.97 Å². The first-order valence-electron chi connectivity index (χ1n) is 4.53. The highest BCUT2D eigenvalue weighted by Crippen LogP contribution is 2.12. The van der Waals surface area contributed by atoms with Crippen LogP contribution in [0.15, 0.2) is 10.9 Å². The molecule has 0 bridgehead atoms. The van der Waals surface area contributed by atoms with Crippen LogP contribution in [0.4, 0.5) is 0 Å². The van der Waals surface area contributed by atoms with Gasteiger partial charge in [-0.15, -0.1) is 0 Å². The van der Waals surface area contributed by atoms with E-state index in [0.717, 1.165) is 10.6 Å². The molecule has 6 heteroatoms. The molecule has 0 radical (unpaired) electrons. The number of rotatable bonds is 2. The topological polar surface area (TPSA) is 92.3 Å². The first-order chi connectivity index (χ1) is 7.52. The summed E-state index contributed by atoms with van der Waals surface area (Å²) in [4.78, 5) is 22.9. The highest BCUT2D eigenvalue weighted by molar-refractivity contribution is 5.92. The summed E-state index contributed by atoms with van der Waals surface area (Å²) < 4.78 is 5.55. The van der Waals surface area contributed by atoms with Crippen LogP contribution in [-0.2, 0) is 11.8 Å². The van der Waals surface area contributed by atoms with Gasteiger partial charge in [0.25, 0.3) is 5.56 Å². The summed E-state index contributed by atoms with van der Waals surface area (Å²) >= 11 is 0. The lowest BCUT2D eigenvalue weighted by Crippen LogP contribution is -2.23. The van der Waals surface area contributed by atoms with Gasteiger partial charge in [0.1, 0.15) is 11.6 Å². The van der Waals surface area contributed by atoms with E-state index in [9.17, 15) is 14.7 Å². The molecule has 1 N–H and O–H groups in total. The first-order valence-corrected chi connectivity index (χ1v) is 4.53. The third-order valence-electron chi connectivity index (χ3n) is 2.01. The molecule has 0 spiro atoms. The van der Waals surface area contributed by atoms with Gasteiger partial charge in [-0.2, -0.15) is 5.26 Å². The van der Waals surface area contributed by atoms with Crippen molar-refractivity contribution in [2.45, 2.75) is 6.92 Å². The highest BCUT2D eigenvalue weighted by atomic mass is 16.5. The third kappa shape index (κ3) is 1.88. The van der Waals surface area contributed by atoms with Gasteiger partial charge in [-0.3, -0.25) is 9.36 Å². The number of aromatic hydroxyl groups is 1. The SMILES string of the molecule is CCOC(=O)c1cc(O)n(C)c(=O)c1C#N. The average molecular weight is 222 g/mol. The maximum atomic E-state index is 11.5. The molecule has 1 heterocycles. The monoisotopic (exact) mass is 222 g/mol. The molecule has 0 unspecified atom stereocenters. The number of nitrogens with zero attached hydrogens (tertiary/aromatic N) is 2. The van der Waals surface area contributed by atoms with Gasteiger partial charge < -0.3 is 9.84 Å². The van der Waals surface area contributed by atoms with Gasteiger partial charge in [0.15, 0.2) is 5.88 Å². The number of carbonyl (C=O) groups excluding carboxylic acids is 1. The minimum atomic E-state index is -0.799. The number of carbonyl (C=O) groups is 1. The van der Waals surface area contributed by atoms with Crippen LogP contribution in [0.1, 0.15) is 22.8 Å². The summed E-state index contributed by atoms with van der Waals surface area (Å²) in [6, 6.07) is 2.67. The Bertz CT molecular complexity index is 525. The molecular formula is C10H10N2O4. The minimum absolute atomic E-state index is 0.125. The Balaban J connectivity index is 3.47. The van der Waals surface area contributed by atoms with Crippen LogP contribution >= 0.6 is 0 Å². The van der Waals surface area contributed by atoms with Crippen molar-refractivity contribution in [3.8, 4) is 11.9 Å². The van der Waals surface area contributed by atoms with E-state index >= 15 is 0 Å². The molecule has 0 aliphatic heterocycles. The van der Waals surface area contributed by atoms with Gasteiger partial charge in [-0.25, -0.2) is 4.79 Å². The summed E-state index contributed by atoms with van der Waals surface area (Å²) in [5, 5.41) is 18.1. The lowest BCUT2D eigenvalue weighted by molar-refractivity contribution is 0.0525. The van der Waals surface area contributed by atoms with Crippen molar-refractivity contribution in [3.05, 3.63) is 27.5 Å². The fourth-order valence-corrected chi connectivity index (χ4v) is 1.16. The molecule has 0 saturated carbocycles. The van der Waals surface area contributed by atoms with Crippen molar-refractivity contribution in [3.63, 3.8) is 0 Å². The molecule has 1 rings (SSSR count). The molecule has 84 valence electrons. The zero-order valence-corrected chi connectivity index (χ0v) is 8.85. The average Bonchev–Trinajstić information content (AvgIpc) is 2.26. The van der Waals surface area contributed by atoms with E-state index < -0.39 is 17.4 Å². The van der Waals surface area contributed by atoms with E-state index in [-0.39, 0.29) is 17.7 Å². The predicted molar refractivity (Wildman–Crippen MR) is 54.0 cm³/mol. The fourth-order valence-electron chi connectivity index (χ4n) is 1.16. The fraction of sp³-hybridized carbons (Fsp3) is 0.300. The maximum absolute atomic E-state index is 11.5. The molecule has 1 aromatic heterocycles. The van der Waals surface area contributed by atoms with Crippen LogP contribution in [0.25, 0.3) is 0 Å². The molecule has 0 aromatic carbocycles. The standard InChI is InChI=1S/C10H10N2O4/c1-3-16-10(15)6-4-8(13)12(2)9(14)7(6)5-11/h4,13H,3H2,1-2H3. The minimum Gasteiger partial charge on any atom is -0.494 e. The summed E-state index contributed by atoms with van der Waals surface area (Å²) in [6.45, 7) is 1.73. The first kappa shape index (κ1) is 11.8. The predicted octanol–water partition coefficient (Wildman–Crippen LogP) is 0.139. The Morgan fingerprint density at radius 2 is 2.31 bits per heavy atom. The van der Waals surface area contributed by atoms with E-state index in [1.54, 1.807) is 13.0 Å². The van der Waals surface area contributed by atoms with Crippen molar-refractivity contribution >= 4 is 5.97 Å². The van der Waals surface area contributed by atoms with Crippen molar-refractivity contribution in [1.29, 1.82) is 5.26 Å². The number of ether oxygens (including phenoxy) is 1. The van der Waals surface area contributed by atoms with Gasteiger partial charge in [-0.05, 0) is 6.92 Å². The normalized spacial score (nSPS) is 9.56. The number of hydrogen-bond acceptors (Lipinski definition) is 5. The lowest BCUT2D eigenvalue weighted by atomic mass is 10.1. The second-order valence-electron chi connectivity index (χ2n) is 2.99. The summed E-state index contributed by atoms with van der Waals surface area (Å²) in [5.41, 5.74) is -1.28. The molecule has 6 nitrogen and oxygen atoms in total. The Hall–Kier alpha value is -2.29. The van der Waals surface area contributed by atoms with Gasteiger partial charge in [0.2, 0.25) is 0 Å². The van der Waals surface area contributed by atoms with Gasteiger partial charge in [-0.1, -0.05) is 0 Å². The van der Waals surface area contributed by atoms with E-state index in [1.807, 2.05) is 0 Å². The molecule has 0 aliphatic carbocycles. The second-order valence-corrected chi connectivity index (χ2v) is 2.99. The van der Waals surface area contributed by atoms with E-state index in [2.05, 4.69) is 4.74 Å². The van der Waals surface area contributed by atoms with Crippen molar-refractivity contribution in [1.82, 2.24) is 4.57 Å². The number of esters is 1. The molecule has 0 amide bonds.